The van der Waals surface area contributed by atoms with Gasteiger partial charge in [0.15, 0.2) is 0 Å². The summed E-state index contributed by atoms with van der Waals surface area (Å²) < 4.78 is 0. The summed E-state index contributed by atoms with van der Waals surface area (Å²) >= 11 is 0. The third-order valence-electron chi connectivity index (χ3n) is 6.85. The molecule has 2 aliphatic heterocycles. The quantitative estimate of drug-likeness (QED) is 0.167. The van der Waals surface area contributed by atoms with Gasteiger partial charge in [-0.3, -0.25) is 10.6 Å². The molecule has 0 amide bonds. The molecule has 4 atom stereocenters. The van der Waals surface area contributed by atoms with Crippen LogP contribution in [0.25, 0.3) is 0 Å². The van der Waals surface area contributed by atoms with E-state index in [9.17, 15) is 30.0 Å². The molecule has 8 N–H and O–H groups in total. The molecule has 0 bridgehead atoms. The smallest absolute Gasteiger partial charge is 0.373 e. The van der Waals surface area contributed by atoms with Gasteiger partial charge in [0.1, 0.15) is 11.3 Å². The van der Waals surface area contributed by atoms with Gasteiger partial charge in [0.2, 0.25) is 11.4 Å². The maximum atomic E-state index is 12.5. The fraction of sp³-hybridized carbons (Fsp3) is 0.889. The van der Waals surface area contributed by atoms with Crippen molar-refractivity contribution in [2.24, 2.45) is 10.8 Å². The number of aliphatic hydroxyl groups is 4. The molecule has 31 heavy (non-hydrogen) atoms. The second kappa shape index (κ2) is 8.26. The third-order valence-corrected chi connectivity index (χ3v) is 6.85. The number of carbonyl (C=O) groups is 2. The third kappa shape index (κ3) is 3.66. The number of hydrogen-bond acceptors (Lipinski definition) is 12. The summed E-state index contributed by atoms with van der Waals surface area (Å²) in [5.74, 6) is -2.07. The Hall–Kier alpha value is -0.692. The number of nitrogens with one attached hydrogen (secondary N) is 4. The minimum atomic E-state index is -2.30. The molecule has 182 valence electrons. The zero-order valence-corrected chi connectivity index (χ0v) is 20.3. The Morgan fingerprint density at radius 3 is 1.42 bits per heavy atom. The Balaban J connectivity index is 0.00000341. The molecule has 0 aromatic rings. The van der Waals surface area contributed by atoms with Gasteiger partial charge >= 0.3 is 11.9 Å². The van der Waals surface area contributed by atoms with Crippen molar-refractivity contribution >= 4 is 11.9 Å². The summed E-state index contributed by atoms with van der Waals surface area (Å²) in [7, 11) is 0. The van der Waals surface area contributed by atoms with Crippen LogP contribution in [-0.2, 0) is 40.3 Å². The molecule has 2 saturated heterocycles. The predicted octanol–water partition coefficient (Wildman–Crippen LogP) is -2.33. The molecular weight excluding hydrogens is 595 g/mol. The molecule has 3 fully saturated rings. The Morgan fingerprint density at radius 2 is 1.13 bits per heavy atom. The SMILES string of the molecule is CC(C)(CO)C1(O)N[C@]2(CCCC[C@]23NOC(=O)[C@@](O)(C(C)(C)CO)N3)NOC1=O.[Pt]. The molecule has 3 rings (SSSR count). The van der Waals surface area contributed by atoms with Crippen LogP contribution in [-0.4, -0.2) is 68.4 Å². The minimum Gasteiger partial charge on any atom is -0.396 e. The Morgan fingerprint density at radius 1 is 0.806 bits per heavy atom. The average molecular weight is 628 g/mol. The van der Waals surface area contributed by atoms with Crippen molar-refractivity contribution in [3.63, 3.8) is 0 Å². The molecule has 1 unspecified atom stereocenters. The zero-order chi connectivity index (χ0) is 22.6. The first-order valence-electron chi connectivity index (χ1n) is 9.97. The number of carbonyl (C=O) groups excluding carboxylic acids is 2. The van der Waals surface area contributed by atoms with Crippen molar-refractivity contribution in [3.8, 4) is 0 Å². The first-order chi connectivity index (χ1) is 13.7. The molecule has 0 aromatic heterocycles. The van der Waals surface area contributed by atoms with Gasteiger partial charge in [0.05, 0.1) is 13.2 Å². The van der Waals surface area contributed by atoms with Crippen LogP contribution in [0.15, 0.2) is 0 Å². The maximum absolute atomic E-state index is 12.5. The van der Waals surface area contributed by atoms with Crippen molar-refractivity contribution in [2.75, 3.05) is 13.2 Å². The van der Waals surface area contributed by atoms with Gasteiger partial charge < -0.3 is 30.1 Å². The van der Waals surface area contributed by atoms with E-state index in [-0.39, 0.29) is 33.9 Å². The second-order valence-corrected chi connectivity index (χ2v) is 9.76. The van der Waals surface area contributed by atoms with Crippen molar-refractivity contribution < 1.29 is 60.8 Å². The van der Waals surface area contributed by atoms with E-state index in [1.807, 2.05) is 0 Å². The van der Waals surface area contributed by atoms with Gasteiger partial charge in [0.25, 0.3) is 0 Å². The van der Waals surface area contributed by atoms with E-state index in [2.05, 4.69) is 21.6 Å². The summed E-state index contributed by atoms with van der Waals surface area (Å²) in [6.45, 7) is 4.88. The number of hydrogen-bond donors (Lipinski definition) is 8. The van der Waals surface area contributed by atoms with Crippen molar-refractivity contribution in [3.05, 3.63) is 0 Å². The average Bonchev–Trinajstić information content (AvgIpc) is 2.70. The fourth-order valence-corrected chi connectivity index (χ4v) is 4.13. The summed E-state index contributed by atoms with van der Waals surface area (Å²) in [4.78, 5) is 35.3. The van der Waals surface area contributed by atoms with E-state index in [1.54, 1.807) is 0 Å². The molecule has 2 heterocycles. The molecular formula is C18H32N4O8Pt. The molecule has 1 aliphatic carbocycles. The number of rotatable bonds is 4. The number of hydroxylamine groups is 2. The summed E-state index contributed by atoms with van der Waals surface area (Å²) in [5.41, 5.74) is -4.92. The molecule has 3 aliphatic rings. The van der Waals surface area contributed by atoms with Crippen LogP contribution >= 0.6 is 0 Å². The molecule has 1 saturated carbocycles. The summed E-state index contributed by atoms with van der Waals surface area (Å²) in [6, 6.07) is 0. The van der Waals surface area contributed by atoms with E-state index in [0.717, 1.165) is 0 Å². The largest absolute Gasteiger partial charge is 0.396 e. The van der Waals surface area contributed by atoms with Gasteiger partial charge in [-0.2, -0.15) is 0 Å². The molecule has 0 radical (unpaired) electrons. The summed E-state index contributed by atoms with van der Waals surface area (Å²) in [6.07, 6.45) is 1.87. The number of fused-ring (bicyclic) bond motifs is 1. The Kier molecular flexibility index (Phi) is 7.08. The predicted molar refractivity (Wildman–Crippen MR) is 100 cm³/mol. The number of aliphatic hydroxyl groups excluding tert-OH is 2. The van der Waals surface area contributed by atoms with Crippen LogP contribution < -0.4 is 21.6 Å². The van der Waals surface area contributed by atoms with Gasteiger partial charge in [-0.15, -0.1) is 11.0 Å². The molecule has 13 heteroatoms. The normalized spacial score (nSPS) is 39.1. The van der Waals surface area contributed by atoms with Crippen LogP contribution in [0.5, 0.6) is 0 Å². The van der Waals surface area contributed by atoms with Crippen molar-refractivity contribution in [1.82, 2.24) is 21.6 Å². The summed E-state index contributed by atoms with van der Waals surface area (Å²) in [5, 5.41) is 47.8. The van der Waals surface area contributed by atoms with Crippen LogP contribution in [0.4, 0.5) is 0 Å². The van der Waals surface area contributed by atoms with Gasteiger partial charge in [0, 0.05) is 31.9 Å². The maximum Gasteiger partial charge on any atom is 0.373 e. The van der Waals surface area contributed by atoms with E-state index in [0.29, 0.717) is 12.8 Å². The second-order valence-electron chi connectivity index (χ2n) is 9.76. The topological polar surface area (TPSA) is 182 Å². The Bertz CT molecular complexity index is 679. The van der Waals surface area contributed by atoms with E-state index < -0.39 is 58.8 Å². The van der Waals surface area contributed by atoms with E-state index in [4.69, 9.17) is 9.68 Å². The van der Waals surface area contributed by atoms with Gasteiger partial charge in [-0.1, -0.05) is 27.7 Å². The van der Waals surface area contributed by atoms with Gasteiger partial charge in [-0.25, -0.2) is 9.59 Å². The Labute approximate surface area is 194 Å². The molecule has 2 spiro atoms. The molecule has 0 aromatic carbocycles. The van der Waals surface area contributed by atoms with Gasteiger partial charge in [-0.05, 0) is 25.7 Å². The first kappa shape index (κ1) is 26.6. The van der Waals surface area contributed by atoms with Crippen LogP contribution in [0.3, 0.4) is 0 Å². The van der Waals surface area contributed by atoms with E-state index in [1.165, 1.54) is 27.7 Å². The standard InChI is InChI=1S/C18H32N4O8.Pt/c1-13(2,9-23)17(27)11(25)29-21-15(19-17)7-5-6-8-16(15)20-18(28,12(26)30-22-16)14(3,4)10-24;/h19-24,27-28H,5-10H2,1-4H3;/t15-,16+,17+,18?;/m0./s1. The van der Waals surface area contributed by atoms with Crippen molar-refractivity contribution in [2.45, 2.75) is 76.2 Å². The van der Waals surface area contributed by atoms with Crippen LogP contribution in [0, 0.1) is 10.8 Å². The van der Waals surface area contributed by atoms with Crippen LogP contribution in [0.2, 0.25) is 0 Å². The zero-order valence-electron chi connectivity index (χ0n) is 18.0. The molecule has 12 nitrogen and oxygen atoms in total. The van der Waals surface area contributed by atoms with Crippen molar-refractivity contribution in [1.29, 1.82) is 0 Å². The van der Waals surface area contributed by atoms with E-state index >= 15 is 0 Å². The fourth-order valence-electron chi connectivity index (χ4n) is 4.13. The minimum absolute atomic E-state index is 0. The van der Waals surface area contributed by atoms with Crippen LogP contribution in [0.1, 0.15) is 53.4 Å². The first-order valence-corrected chi connectivity index (χ1v) is 9.97. The monoisotopic (exact) mass is 627 g/mol.